The van der Waals surface area contributed by atoms with Gasteiger partial charge >= 0.3 is 0 Å². The van der Waals surface area contributed by atoms with Crippen LogP contribution in [0.1, 0.15) is 56.1 Å². The fourth-order valence-electron chi connectivity index (χ4n) is 3.33. The van der Waals surface area contributed by atoms with Crippen molar-refractivity contribution in [2.24, 2.45) is 5.92 Å². The Morgan fingerprint density at radius 2 is 2.10 bits per heavy atom. The Labute approximate surface area is 127 Å². The van der Waals surface area contributed by atoms with E-state index in [1.54, 1.807) is 0 Å². The highest BCUT2D eigenvalue weighted by atomic mass is 16.5. The van der Waals surface area contributed by atoms with Crippen LogP contribution in [0.4, 0.5) is 0 Å². The molecule has 1 atom stereocenters. The van der Waals surface area contributed by atoms with Crippen LogP contribution in [0, 0.1) is 5.92 Å². The molecule has 1 N–H and O–H groups in total. The number of aryl methyl sites for hydroxylation is 1. The summed E-state index contributed by atoms with van der Waals surface area (Å²) in [5.74, 6) is 2.29. The highest BCUT2D eigenvalue weighted by Gasteiger charge is 2.23. The van der Waals surface area contributed by atoms with Gasteiger partial charge in [-0.1, -0.05) is 13.8 Å². The smallest absolute Gasteiger partial charge is 0.131 e. The number of hydrogen-bond donors (Lipinski definition) is 1. The number of fused-ring (bicyclic) bond motifs is 1. The summed E-state index contributed by atoms with van der Waals surface area (Å²) in [7, 11) is 0. The molecule has 116 valence electrons. The van der Waals surface area contributed by atoms with Crippen LogP contribution in [0.3, 0.4) is 0 Å². The Balaban J connectivity index is 1.64. The molecule has 1 saturated heterocycles. The van der Waals surface area contributed by atoms with E-state index in [2.05, 4.69) is 30.3 Å². The molecule has 0 bridgehead atoms. The molecule has 21 heavy (non-hydrogen) atoms. The van der Waals surface area contributed by atoms with Gasteiger partial charge in [0.15, 0.2) is 0 Å². The molecular weight excluding hydrogens is 262 g/mol. The van der Waals surface area contributed by atoms with Crippen LogP contribution in [0.2, 0.25) is 0 Å². The molecule has 4 nitrogen and oxygen atoms in total. The lowest BCUT2D eigenvalue weighted by atomic mass is 9.87. The first-order chi connectivity index (χ1) is 10.2. The zero-order valence-electron chi connectivity index (χ0n) is 13.3. The molecule has 3 rings (SSSR count). The Kier molecular flexibility index (Phi) is 4.86. The van der Waals surface area contributed by atoms with E-state index in [0.717, 1.165) is 57.2 Å². The van der Waals surface area contributed by atoms with Crippen LogP contribution in [0.25, 0.3) is 0 Å². The molecule has 1 aromatic heterocycles. The second-order valence-electron chi connectivity index (χ2n) is 6.76. The standard InChI is InChI=1S/C17H27N3O/c1-12(2)18-10-13-3-4-16-15(9-13)11-19-17(20-16)14-5-7-21-8-6-14/h11-14,18H,3-10H2,1-2H3. The number of rotatable bonds is 4. The maximum atomic E-state index is 5.43. The molecule has 0 aromatic carbocycles. The van der Waals surface area contributed by atoms with Gasteiger partial charge in [0.05, 0.1) is 0 Å². The minimum Gasteiger partial charge on any atom is -0.381 e. The molecular formula is C17H27N3O. The maximum Gasteiger partial charge on any atom is 0.131 e. The maximum absolute atomic E-state index is 5.43. The van der Waals surface area contributed by atoms with Gasteiger partial charge < -0.3 is 10.1 Å². The first kappa shape index (κ1) is 14.9. The van der Waals surface area contributed by atoms with E-state index in [9.17, 15) is 0 Å². The summed E-state index contributed by atoms with van der Waals surface area (Å²) in [5, 5.41) is 3.55. The quantitative estimate of drug-likeness (QED) is 0.925. The average Bonchev–Trinajstić information content (AvgIpc) is 2.53. The molecule has 2 heterocycles. The Morgan fingerprint density at radius 1 is 1.29 bits per heavy atom. The summed E-state index contributed by atoms with van der Waals surface area (Å²) in [6, 6.07) is 0.568. The van der Waals surface area contributed by atoms with Crippen molar-refractivity contribution in [2.75, 3.05) is 19.8 Å². The van der Waals surface area contributed by atoms with E-state index in [1.807, 2.05) is 0 Å². The van der Waals surface area contributed by atoms with E-state index < -0.39 is 0 Å². The Hall–Kier alpha value is -1.00. The van der Waals surface area contributed by atoms with Gasteiger partial charge in [-0.25, -0.2) is 9.97 Å². The topological polar surface area (TPSA) is 47.0 Å². The zero-order valence-corrected chi connectivity index (χ0v) is 13.3. The van der Waals surface area contributed by atoms with Crippen LogP contribution in [0.5, 0.6) is 0 Å². The minimum absolute atomic E-state index is 0.504. The van der Waals surface area contributed by atoms with Crippen LogP contribution >= 0.6 is 0 Å². The predicted octanol–water partition coefficient (Wildman–Crippen LogP) is 2.47. The van der Waals surface area contributed by atoms with Crippen LogP contribution in [0.15, 0.2) is 6.20 Å². The number of nitrogens with one attached hydrogen (secondary N) is 1. The van der Waals surface area contributed by atoms with Crippen molar-refractivity contribution < 1.29 is 4.74 Å². The van der Waals surface area contributed by atoms with E-state index >= 15 is 0 Å². The van der Waals surface area contributed by atoms with Crippen molar-refractivity contribution in [1.29, 1.82) is 0 Å². The first-order valence-corrected chi connectivity index (χ1v) is 8.38. The number of aromatic nitrogens is 2. The van der Waals surface area contributed by atoms with Crippen LogP contribution in [-0.4, -0.2) is 35.8 Å². The van der Waals surface area contributed by atoms with E-state index in [1.165, 1.54) is 17.7 Å². The van der Waals surface area contributed by atoms with Gasteiger partial charge in [-0.05, 0) is 50.1 Å². The number of hydrogen-bond acceptors (Lipinski definition) is 4. The summed E-state index contributed by atoms with van der Waals surface area (Å²) in [4.78, 5) is 9.54. The first-order valence-electron chi connectivity index (χ1n) is 8.38. The van der Waals surface area contributed by atoms with Crippen molar-refractivity contribution in [2.45, 2.75) is 57.9 Å². The summed E-state index contributed by atoms with van der Waals surface area (Å²) in [6.45, 7) is 7.24. The third-order valence-corrected chi connectivity index (χ3v) is 4.67. The molecule has 4 heteroatoms. The van der Waals surface area contributed by atoms with E-state index in [4.69, 9.17) is 9.72 Å². The van der Waals surface area contributed by atoms with Crippen LogP contribution in [-0.2, 0) is 17.6 Å². The highest BCUT2D eigenvalue weighted by molar-refractivity contribution is 5.22. The molecule has 0 spiro atoms. The van der Waals surface area contributed by atoms with Crippen molar-refractivity contribution in [3.8, 4) is 0 Å². The second-order valence-corrected chi connectivity index (χ2v) is 6.76. The lowest BCUT2D eigenvalue weighted by Crippen LogP contribution is -2.32. The lowest BCUT2D eigenvalue weighted by Gasteiger charge is -2.26. The third-order valence-electron chi connectivity index (χ3n) is 4.67. The van der Waals surface area contributed by atoms with Gasteiger partial charge in [0.25, 0.3) is 0 Å². The van der Waals surface area contributed by atoms with Crippen molar-refractivity contribution in [3.63, 3.8) is 0 Å². The van der Waals surface area contributed by atoms with E-state index in [-0.39, 0.29) is 0 Å². The Morgan fingerprint density at radius 3 is 2.86 bits per heavy atom. The molecule has 1 aliphatic heterocycles. The lowest BCUT2D eigenvalue weighted by molar-refractivity contribution is 0.0835. The molecule has 1 fully saturated rings. The zero-order chi connectivity index (χ0) is 14.7. The average molecular weight is 289 g/mol. The summed E-state index contributed by atoms with van der Waals surface area (Å²) in [5.41, 5.74) is 2.67. The van der Waals surface area contributed by atoms with Gasteiger partial charge in [-0.2, -0.15) is 0 Å². The fourth-order valence-corrected chi connectivity index (χ4v) is 3.33. The van der Waals surface area contributed by atoms with Gasteiger partial charge in [0.2, 0.25) is 0 Å². The Bertz CT molecular complexity index is 469. The largest absolute Gasteiger partial charge is 0.381 e. The molecule has 1 unspecified atom stereocenters. The minimum atomic E-state index is 0.504. The molecule has 1 aliphatic carbocycles. The molecule has 2 aliphatic rings. The summed E-state index contributed by atoms with van der Waals surface area (Å²) < 4.78 is 5.43. The molecule has 0 radical (unpaired) electrons. The molecule has 1 aromatic rings. The highest BCUT2D eigenvalue weighted by Crippen LogP contribution is 2.28. The fraction of sp³-hybridized carbons (Fsp3) is 0.765. The van der Waals surface area contributed by atoms with Crippen LogP contribution < -0.4 is 5.32 Å². The monoisotopic (exact) mass is 289 g/mol. The van der Waals surface area contributed by atoms with Crippen molar-refractivity contribution >= 4 is 0 Å². The molecule has 0 saturated carbocycles. The second kappa shape index (κ2) is 6.84. The summed E-state index contributed by atoms with van der Waals surface area (Å²) >= 11 is 0. The van der Waals surface area contributed by atoms with Gasteiger partial charge in [0.1, 0.15) is 5.82 Å². The van der Waals surface area contributed by atoms with Crippen molar-refractivity contribution in [1.82, 2.24) is 15.3 Å². The number of nitrogens with zero attached hydrogens (tertiary/aromatic N) is 2. The van der Waals surface area contributed by atoms with E-state index in [0.29, 0.717) is 12.0 Å². The number of ether oxygens (including phenoxy) is 1. The predicted molar refractivity (Wildman–Crippen MR) is 83.5 cm³/mol. The van der Waals surface area contributed by atoms with Gasteiger partial charge in [-0.3, -0.25) is 0 Å². The van der Waals surface area contributed by atoms with Gasteiger partial charge in [-0.15, -0.1) is 0 Å². The SMILES string of the molecule is CC(C)NCC1CCc2nc(C3CCOCC3)ncc2C1. The van der Waals surface area contributed by atoms with Gasteiger partial charge in [0, 0.05) is 37.1 Å². The molecule has 0 amide bonds. The third kappa shape index (κ3) is 3.80. The van der Waals surface area contributed by atoms with Crippen molar-refractivity contribution in [3.05, 3.63) is 23.3 Å². The summed E-state index contributed by atoms with van der Waals surface area (Å²) in [6.07, 6.45) is 7.71. The normalized spacial score (nSPS) is 23.3.